The van der Waals surface area contributed by atoms with Crippen molar-refractivity contribution >= 4 is 22.5 Å². The molecule has 7 heteroatoms. The highest BCUT2D eigenvalue weighted by Gasteiger charge is 2.43. The summed E-state index contributed by atoms with van der Waals surface area (Å²) in [7, 11) is 1.63. The van der Waals surface area contributed by atoms with Gasteiger partial charge in [-0.1, -0.05) is 11.6 Å². The number of pyridine rings is 1. The molecule has 6 nitrogen and oxygen atoms in total. The summed E-state index contributed by atoms with van der Waals surface area (Å²) < 4.78 is 5.31. The maximum Gasteiger partial charge on any atom is 0.213 e. The molecule has 2 N–H and O–H groups in total. The van der Waals surface area contributed by atoms with E-state index in [9.17, 15) is 0 Å². The first-order valence-corrected chi connectivity index (χ1v) is 12.2. The number of aromatic amines is 1. The Morgan fingerprint density at radius 2 is 2.00 bits per heavy atom. The van der Waals surface area contributed by atoms with Crippen molar-refractivity contribution in [1.29, 1.82) is 0 Å². The van der Waals surface area contributed by atoms with Crippen LogP contribution in [-0.2, 0) is 0 Å². The zero-order valence-electron chi connectivity index (χ0n) is 18.5. The Kier molecular flexibility index (Phi) is 5.32. The Morgan fingerprint density at radius 3 is 2.75 bits per heavy atom. The zero-order valence-corrected chi connectivity index (χ0v) is 19.2. The molecule has 168 valence electrons. The fourth-order valence-electron chi connectivity index (χ4n) is 6.29. The van der Waals surface area contributed by atoms with Gasteiger partial charge in [-0.15, -0.1) is 0 Å². The minimum atomic E-state index is 0.531. The summed E-state index contributed by atoms with van der Waals surface area (Å²) in [5.41, 5.74) is 4.17. The molecule has 0 radical (unpaired) electrons. The molecule has 6 rings (SSSR count). The number of hydrogen-bond donors (Lipinski definition) is 2. The summed E-state index contributed by atoms with van der Waals surface area (Å²) in [6, 6.07) is 8.96. The first-order chi connectivity index (χ1) is 15.7. The number of aromatic nitrogens is 3. The third kappa shape index (κ3) is 3.58. The Morgan fingerprint density at radius 1 is 1.16 bits per heavy atom. The number of H-pyrrole nitrogens is 1. The maximum atomic E-state index is 6.80. The first-order valence-electron chi connectivity index (χ1n) is 11.8. The number of rotatable bonds is 4. The highest BCUT2D eigenvalue weighted by atomic mass is 35.5. The molecule has 3 fully saturated rings. The van der Waals surface area contributed by atoms with Crippen LogP contribution in [0.5, 0.6) is 5.88 Å². The highest BCUT2D eigenvalue weighted by Crippen LogP contribution is 2.49. The number of piperidine rings is 1. The molecule has 1 saturated carbocycles. The predicted octanol–water partition coefficient (Wildman–Crippen LogP) is 4.46. The molecule has 2 aromatic heterocycles. The van der Waals surface area contributed by atoms with Crippen LogP contribution in [-0.4, -0.2) is 59.4 Å². The summed E-state index contributed by atoms with van der Waals surface area (Å²) in [5, 5.41) is 13.3. The first kappa shape index (κ1) is 20.5. The number of halogens is 1. The molecule has 2 unspecified atom stereocenters. The van der Waals surface area contributed by atoms with E-state index in [0.717, 1.165) is 51.6 Å². The minimum Gasteiger partial charge on any atom is -0.481 e. The summed E-state index contributed by atoms with van der Waals surface area (Å²) in [6.07, 6.45) is 6.90. The van der Waals surface area contributed by atoms with Crippen molar-refractivity contribution in [3.63, 3.8) is 0 Å². The van der Waals surface area contributed by atoms with Gasteiger partial charge in [0.2, 0.25) is 5.88 Å². The average Bonchev–Trinajstić information content (AvgIpc) is 3.52. The molecule has 3 aromatic rings. The van der Waals surface area contributed by atoms with Gasteiger partial charge in [0.25, 0.3) is 0 Å². The van der Waals surface area contributed by atoms with E-state index in [1.807, 2.05) is 12.1 Å². The van der Waals surface area contributed by atoms with Crippen LogP contribution in [0.15, 0.2) is 30.5 Å². The zero-order chi connectivity index (χ0) is 21.7. The van der Waals surface area contributed by atoms with Gasteiger partial charge in [0, 0.05) is 53.9 Å². The highest BCUT2D eigenvalue weighted by molar-refractivity contribution is 6.32. The Balaban J connectivity index is 1.25. The number of ether oxygens (including phenoxy) is 1. The molecule has 1 aromatic carbocycles. The molecule has 4 atom stereocenters. The van der Waals surface area contributed by atoms with Crippen LogP contribution >= 0.6 is 11.6 Å². The lowest BCUT2D eigenvalue weighted by Gasteiger charge is -2.32. The van der Waals surface area contributed by atoms with Gasteiger partial charge in [-0.25, -0.2) is 4.98 Å². The Labute approximate surface area is 193 Å². The normalized spacial score (nSPS) is 28.3. The van der Waals surface area contributed by atoms with E-state index in [4.69, 9.17) is 16.3 Å². The maximum absolute atomic E-state index is 6.80. The van der Waals surface area contributed by atoms with Crippen LogP contribution in [0.1, 0.15) is 37.2 Å². The van der Waals surface area contributed by atoms with Crippen LogP contribution < -0.4 is 10.1 Å². The predicted molar refractivity (Wildman–Crippen MR) is 127 cm³/mol. The molecule has 0 spiro atoms. The van der Waals surface area contributed by atoms with E-state index in [1.165, 1.54) is 50.9 Å². The van der Waals surface area contributed by atoms with Gasteiger partial charge >= 0.3 is 0 Å². The van der Waals surface area contributed by atoms with E-state index in [1.54, 1.807) is 13.3 Å². The lowest BCUT2D eigenvalue weighted by Crippen LogP contribution is -2.45. The third-order valence-electron chi connectivity index (χ3n) is 7.90. The summed E-state index contributed by atoms with van der Waals surface area (Å²) in [5.74, 6) is 2.71. The second-order valence-electron chi connectivity index (χ2n) is 9.72. The van der Waals surface area contributed by atoms with E-state index in [2.05, 4.69) is 37.5 Å². The van der Waals surface area contributed by atoms with E-state index in [-0.39, 0.29) is 0 Å². The number of nitrogens with one attached hydrogen (secondary N) is 2. The quantitative estimate of drug-likeness (QED) is 0.612. The van der Waals surface area contributed by atoms with Gasteiger partial charge in [0.05, 0.1) is 12.6 Å². The van der Waals surface area contributed by atoms with E-state index >= 15 is 0 Å². The van der Waals surface area contributed by atoms with Crippen LogP contribution in [0.25, 0.3) is 22.2 Å². The minimum absolute atomic E-state index is 0.531. The van der Waals surface area contributed by atoms with Gasteiger partial charge < -0.3 is 10.1 Å². The van der Waals surface area contributed by atoms with Crippen LogP contribution in [0.4, 0.5) is 0 Å². The van der Waals surface area contributed by atoms with Gasteiger partial charge in [0.1, 0.15) is 5.69 Å². The summed E-state index contributed by atoms with van der Waals surface area (Å²) in [6.45, 7) is 4.85. The van der Waals surface area contributed by atoms with Crippen molar-refractivity contribution < 1.29 is 4.74 Å². The summed E-state index contributed by atoms with van der Waals surface area (Å²) in [4.78, 5) is 6.98. The van der Waals surface area contributed by atoms with Crippen molar-refractivity contribution in [3.05, 3.63) is 41.0 Å². The second kappa shape index (κ2) is 8.32. The topological polar surface area (TPSA) is 66.1 Å². The lowest BCUT2D eigenvalue weighted by atomic mass is 9.93. The average molecular weight is 452 g/mol. The molecular formula is C25H30ClN5O. The molecule has 1 aliphatic carbocycles. The standard InChI is InChI=1S/C25H30ClN5O/c1-32-24-9-15(4-6-28-24)25-21-10-20(22(26)11-23(21)29-30-25)16-7-17-13-31(14-18(17)8-16)19-3-2-5-27-12-19/h4,6,9-11,16-19,27H,2-3,5,7-8,12-14H2,1H3,(H,29,30)/t16?,17-,18+,19?. The Hall–Kier alpha value is -2.15. The molecule has 0 amide bonds. The fraction of sp³-hybridized carbons (Fsp3) is 0.520. The van der Waals surface area contributed by atoms with Gasteiger partial charge in [-0.3, -0.25) is 10.00 Å². The number of hydrogen-bond acceptors (Lipinski definition) is 5. The van der Waals surface area contributed by atoms with Crippen molar-refractivity contribution in [2.75, 3.05) is 33.3 Å². The third-order valence-corrected chi connectivity index (χ3v) is 8.23. The van der Waals surface area contributed by atoms with Crippen LogP contribution in [0, 0.1) is 11.8 Å². The van der Waals surface area contributed by atoms with Crippen molar-refractivity contribution in [1.82, 2.24) is 25.4 Å². The molecule has 3 aliphatic rings. The number of methoxy groups -OCH3 is 1. The lowest BCUT2D eigenvalue weighted by molar-refractivity contribution is 0.188. The van der Waals surface area contributed by atoms with Gasteiger partial charge in [-0.2, -0.15) is 5.10 Å². The fourth-order valence-corrected chi connectivity index (χ4v) is 6.61. The summed E-state index contributed by atoms with van der Waals surface area (Å²) >= 11 is 6.80. The Bertz CT molecular complexity index is 1110. The molecular weight excluding hydrogens is 422 g/mol. The molecule has 2 saturated heterocycles. The largest absolute Gasteiger partial charge is 0.481 e. The smallest absolute Gasteiger partial charge is 0.213 e. The van der Waals surface area contributed by atoms with Gasteiger partial charge in [-0.05, 0) is 73.7 Å². The SMILES string of the molecule is COc1cc(-c2n[nH]c3cc(Cl)c(C4C[C@@H]5CN(C6CCCNC6)C[C@@H]5C4)cc23)ccn1. The molecule has 32 heavy (non-hydrogen) atoms. The molecule has 0 bridgehead atoms. The van der Waals surface area contributed by atoms with Gasteiger partial charge in [0.15, 0.2) is 0 Å². The molecule has 2 aliphatic heterocycles. The second-order valence-corrected chi connectivity index (χ2v) is 10.1. The van der Waals surface area contributed by atoms with Crippen molar-refractivity contribution in [2.45, 2.75) is 37.6 Å². The van der Waals surface area contributed by atoms with E-state index in [0.29, 0.717) is 11.8 Å². The van der Waals surface area contributed by atoms with E-state index < -0.39 is 0 Å². The monoisotopic (exact) mass is 451 g/mol. The van der Waals surface area contributed by atoms with Crippen LogP contribution in [0.3, 0.4) is 0 Å². The number of benzene rings is 1. The van der Waals surface area contributed by atoms with Crippen molar-refractivity contribution in [3.8, 4) is 17.1 Å². The van der Waals surface area contributed by atoms with Crippen molar-refractivity contribution in [2.24, 2.45) is 11.8 Å². The van der Waals surface area contributed by atoms with Crippen LogP contribution in [0.2, 0.25) is 5.02 Å². The number of likely N-dealkylation sites (tertiary alicyclic amines) is 1. The molecule has 4 heterocycles. The number of fused-ring (bicyclic) bond motifs is 2. The number of nitrogens with zero attached hydrogens (tertiary/aromatic N) is 3.